The van der Waals surface area contributed by atoms with Gasteiger partial charge >= 0.3 is 5.97 Å². The largest absolute Gasteiger partial charge is 0.477 e. The molecule has 0 saturated heterocycles. The molecule has 0 aliphatic carbocycles. The summed E-state index contributed by atoms with van der Waals surface area (Å²) < 4.78 is 10.1. The monoisotopic (exact) mass is 282 g/mol. The first kappa shape index (κ1) is 16.6. The van der Waals surface area contributed by atoms with Crippen LogP contribution in [0.3, 0.4) is 0 Å². The number of nitrogens with zero attached hydrogens (tertiary/aromatic N) is 2. The number of pyridine rings is 1. The molecule has 0 aliphatic heterocycles. The van der Waals surface area contributed by atoms with E-state index < -0.39 is 5.97 Å². The highest BCUT2D eigenvalue weighted by Crippen LogP contribution is 2.10. The Morgan fingerprint density at radius 1 is 1.30 bits per heavy atom. The number of aromatic carboxylic acids is 1. The van der Waals surface area contributed by atoms with Crippen molar-refractivity contribution in [2.45, 2.75) is 13.0 Å². The average Bonchev–Trinajstić information content (AvgIpc) is 2.45. The topological polar surface area (TPSA) is 71.9 Å². The summed E-state index contributed by atoms with van der Waals surface area (Å²) in [6.45, 7) is 3.40. The first-order valence-corrected chi connectivity index (χ1v) is 6.56. The molecule has 0 atom stereocenters. The van der Waals surface area contributed by atoms with Crippen LogP contribution in [0.25, 0.3) is 0 Å². The van der Waals surface area contributed by atoms with Gasteiger partial charge in [0.25, 0.3) is 0 Å². The van der Waals surface area contributed by atoms with Crippen molar-refractivity contribution in [3.8, 4) is 0 Å². The SMILES string of the molecule is COCCCN(CCOC)Cc1cccnc1C(=O)O. The molecule has 112 valence electrons. The summed E-state index contributed by atoms with van der Waals surface area (Å²) in [5.74, 6) is -0.996. The average molecular weight is 282 g/mol. The Hall–Kier alpha value is -1.50. The van der Waals surface area contributed by atoms with Crippen molar-refractivity contribution in [3.63, 3.8) is 0 Å². The third-order valence-corrected chi connectivity index (χ3v) is 2.92. The van der Waals surface area contributed by atoms with Gasteiger partial charge in [-0.15, -0.1) is 0 Å². The van der Waals surface area contributed by atoms with Gasteiger partial charge in [-0.3, -0.25) is 4.90 Å². The number of aromatic nitrogens is 1. The van der Waals surface area contributed by atoms with E-state index in [2.05, 4.69) is 9.88 Å². The smallest absolute Gasteiger partial charge is 0.354 e. The molecule has 20 heavy (non-hydrogen) atoms. The Morgan fingerprint density at radius 2 is 2.05 bits per heavy atom. The van der Waals surface area contributed by atoms with Gasteiger partial charge in [-0.05, 0) is 18.1 Å². The summed E-state index contributed by atoms with van der Waals surface area (Å²) in [7, 11) is 3.32. The van der Waals surface area contributed by atoms with E-state index in [1.54, 1.807) is 26.4 Å². The highest BCUT2D eigenvalue weighted by atomic mass is 16.5. The second-order valence-electron chi connectivity index (χ2n) is 4.43. The van der Waals surface area contributed by atoms with Crippen LogP contribution in [0.15, 0.2) is 18.3 Å². The molecule has 1 heterocycles. The zero-order valence-electron chi connectivity index (χ0n) is 12.0. The molecule has 0 bridgehead atoms. The Kier molecular flexibility index (Phi) is 7.79. The van der Waals surface area contributed by atoms with E-state index in [1.165, 1.54) is 6.20 Å². The number of methoxy groups -OCH3 is 2. The highest BCUT2D eigenvalue weighted by molar-refractivity contribution is 5.86. The number of carboxylic acids is 1. The maximum atomic E-state index is 11.2. The molecule has 0 saturated carbocycles. The molecule has 0 unspecified atom stereocenters. The lowest BCUT2D eigenvalue weighted by Gasteiger charge is -2.22. The van der Waals surface area contributed by atoms with Gasteiger partial charge in [-0.1, -0.05) is 6.07 Å². The number of hydrogen-bond donors (Lipinski definition) is 1. The lowest BCUT2D eigenvalue weighted by atomic mass is 10.1. The van der Waals surface area contributed by atoms with Crippen LogP contribution in [0.5, 0.6) is 0 Å². The third-order valence-electron chi connectivity index (χ3n) is 2.92. The van der Waals surface area contributed by atoms with E-state index in [4.69, 9.17) is 14.6 Å². The summed E-state index contributed by atoms with van der Waals surface area (Å²) in [6.07, 6.45) is 2.39. The van der Waals surface area contributed by atoms with E-state index in [-0.39, 0.29) is 5.69 Å². The fourth-order valence-corrected chi connectivity index (χ4v) is 1.92. The van der Waals surface area contributed by atoms with E-state index in [9.17, 15) is 4.79 Å². The normalized spacial score (nSPS) is 10.9. The maximum Gasteiger partial charge on any atom is 0.354 e. The third kappa shape index (κ3) is 5.64. The first-order chi connectivity index (χ1) is 9.69. The first-order valence-electron chi connectivity index (χ1n) is 6.56. The molecular weight excluding hydrogens is 260 g/mol. The van der Waals surface area contributed by atoms with Gasteiger partial charge in [0.1, 0.15) is 0 Å². The van der Waals surface area contributed by atoms with Crippen LogP contribution in [0, 0.1) is 0 Å². The second-order valence-corrected chi connectivity index (χ2v) is 4.43. The van der Waals surface area contributed by atoms with Crippen LogP contribution in [-0.2, 0) is 16.0 Å². The molecule has 6 heteroatoms. The Balaban J connectivity index is 2.69. The van der Waals surface area contributed by atoms with E-state index in [0.717, 1.165) is 19.5 Å². The van der Waals surface area contributed by atoms with Crippen molar-refractivity contribution in [2.24, 2.45) is 0 Å². The van der Waals surface area contributed by atoms with Gasteiger partial charge in [0, 0.05) is 46.7 Å². The van der Waals surface area contributed by atoms with E-state index >= 15 is 0 Å². The predicted molar refractivity (Wildman–Crippen MR) is 74.8 cm³/mol. The lowest BCUT2D eigenvalue weighted by Crippen LogP contribution is -2.29. The van der Waals surface area contributed by atoms with Crippen molar-refractivity contribution in [3.05, 3.63) is 29.6 Å². The van der Waals surface area contributed by atoms with Crippen LogP contribution in [0.4, 0.5) is 0 Å². The lowest BCUT2D eigenvalue weighted by molar-refractivity contribution is 0.0686. The summed E-state index contributed by atoms with van der Waals surface area (Å²) in [5, 5.41) is 9.14. The molecule has 0 aromatic carbocycles. The Labute approximate surface area is 119 Å². The fraction of sp³-hybridized carbons (Fsp3) is 0.571. The summed E-state index contributed by atoms with van der Waals surface area (Å²) >= 11 is 0. The molecule has 1 rings (SSSR count). The zero-order valence-corrected chi connectivity index (χ0v) is 12.0. The van der Waals surface area contributed by atoms with Gasteiger partial charge in [0.05, 0.1) is 6.61 Å². The van der Waals surface area contributed by atoms with Gasteiger partial charge < -0.3 is 14.6 Å². The number of ether oxygens (including phenoxy) is 2. The van der Waals surface area contributed by atoms with Crippen LogP contribution >= 0.6 is 0 Å². The van der Waals surface area contributed by atoms with Gasteiger partial charge in [0.15, 0.2) is 5.69 Å². The van der Waals surface area contributed by atoms with E-state index in [0.29, 0.717) is 25.3 Å². The highest BCUT2D eigenvalue weighted by Gasteiger charge is 2.14. The predicted octanol–water partition coefficient (Wildman–Crippen LogP) is 1.26. The van der Waals surface area contributed by atoms with E-state index in [1.807, 2.05) is 0 Å². The molecule has 0 aliphatic rings. The molecule has 0 fully saturated rings. The minimum absolute atomic E-state index is 0.113. The molecule has 1 aromatic rings. The van der Waals surface area contributed by atoms with Crippen molar-refractivity contribution in [1.29, 1.82) is 0 Å². The number of carbonyl (C=O) groups is 1. The molecular formula is C14H22N2O4. The number of carboxylic acid groups (broad SMARTS) is 1. The van der Waals surface area contributed by atoms with Crippen LogP contribution in [-0.4, -0.2) is 61.5 Å². The maximum absolute atomic E-state index is 11.2. The Bertz CT molecular complexity index is 412. The van der Waals surface area contributed by atoms with Gasteiger partial charge in [-0.2, -0.15) is 0 Å². The van der Waals surface area contributed by atoms with Crippen LogP contribution in [0.2, 0.25) is 0 Å². The van der Waals surface area contributed by atoms with Crippen molar-refractivity contribution in [2.75, 3.05) is 40.5 Å². The molecule has 6 nitrogen and oxygen atoms in total. The Morgan fingerprint density at radius 3 is 2.70 bits per heavy atom. The van der Waals surface area contributed by atoms with Gasteiger partial charge in [0.2, 0.25) is 0 Å². The molecule has 0 spiro atoms. The summed E-state index contributed by atoms with van der Waals surface area (Å²) in [6, 6.07) is 3.55. The standard InChI is InChI=1S/C14H22N2O4/c1-19-9-4-7-16(8-10-20-2)11-12-5-3-6-15-13(12)14(17)18/h3,5-6H,4,7-11H2,1-2H3,(H,17,18). The number of rotatable bonds is 10. The summed E-state index contributed by atoms with van der Waals surface area (Å²) in [5.41, 5.74) is 0.829. The van der Waals surface area contributed by atoms with Gasteiger partial charge in [-0.25, -0.2) is 9.78 Å². The molecule has 0 radical (unpaired) electrons. The fourth-order valence-electron chi connectivity index (χ4n) is 1.92. The zero-order chi connectivity index (χ0) is 14.8. The van der Waals surface area contributed by atoms with Crippen molar-refractivity contribution >= 4 is 5.97 Å². The number of hydrogen-bond acceptors (Lipinski definition) is 5. The molecule has 1 aromatic heterocycles. The summed E-state index contributed by atoms with van der Waals surface area (Å²) in [4.78, 5) is 17.2. The van der Waals surface area contributed by atoms with Crippen LogP contribution in [0.1, 0.15) is 22.5 Å². The minimum atomic E-state index is -0.996. The van der Waals surface area contributed by atoms with Crippen molar-refractivity contribution in [1.82, 2.24) is 9.88 Å². The second kappa shape index (κ2) is 9.41. The quantitative estimate of drug-likeness (QED) is 0.651. The van der Waals surface area contributed by atoms with Crippen molar-refractivity contribution < 1.29 is 19.4 Å². The minimum Gasteiger partial charge on any atom is -0.477 e. The molecule has 1 N–H and O–H groups in total. The molecule has 0 amide bonds. The van der Waals surface area contributed by atoms with Crippen LogP contribution < -0.4 is 0 Å².